The maximum atomic E-state index is 5.41. The second-order valence-electron chi connectivity index (χ2n) is 2.74. The molecule has 1 aliphatic rings. The van der Waals surface area contributed by atoms with Gasteiger partial charge in [0.1, 0.15) is 0 Å². The van der Waals surface area contributed by atoms with Crippen molar-refractivity contribution in [2.24, 2.45) is 0 Å². The topological polar surface area (TPSA) is 27.7 Å². The smallest absolute Gasteiger partial charge is 0.173 e. The SMILES string of the molecule is CCCC1(CC)OCOCO1. The molecule has 0 saturated carbocycles. The molecule has 1 fully saturated rings. The summed E-state index contributed by atoms with van der Waals surface area (Å²) < 4.78 is 15.7. The Balaban J connectivity index is 2.42. The monoisotopic (exact) mass is 160 g/mol. The summed E-state index contributed by atoms with van der Waals surface area (Å²) in [5, 5.41) is 0. The normalized spacial score (nSPS) is 23.5. The van der Waals surface area contributed by atoms with Crippen LogP contribution in [0.25, 0.3) is 0 Å². The molecular weight excluding hydrogens is 144 g/mol. The van der Waals surface area contributed by atoms with Gasteiger partial charge < -0.3 is 14.2 Å². The fourth-order valence-electron chi connectivity index (χ4n) is 1.28. The van der Waals surface area contributed by atoms with E-state index in [9.17, 15) is 0 Å². The Morgan fingerprint density at radius 1 is 1.18 bits per heavy atom. The van der Waals surface area contributed by atoms with Gasteiger partial charge in [-0.05, 0) is 6.42 Å². The molecule has 3 nitrogen and oxygen atoms in total. The first-order valence-corrected chi connectivity index (χ1v) is 4.18. The van der Waals surface area contributed by atoms with Crippen molar-refractivity contribution in [3.8, 4) is 0 Å². The van der Waals surface area contributed by atoms with Crippen LogP contribution in [-0.4, -0.2) is 19.4 Å². The van der Waals surface area contributed by atoms with Crippen molar-refractivity contribution in [1.82, 2.24) is 0 Å². The first-order chi connectivity index (χ1) is 5.33. The third-order valence-corrected chi connectivity index (χ3v) is 1.98. The van der Waals surface area contributed by atoms with Gasteiger partial charge in [-0.15, -0.1) is 0 Å². The number of ether oxygens (including phenoxy) is 3. The summed E-state index contributed by atoms with van der Waals surface area (Å²) >= 11 is 0. The molecule has 1 aliphatic heterocycles. The molecule has 66 valence electrons. The molecule has 0 aromatic carbocycles. The van der Waals surface area contributed by atoms with Gasteiger partial charge in [-0.2, -0.15) is 0 Å². The van der Waals surface area contributed by atoms with Crippen molar-refractivity contribution in [3.63, 3.8) is 0 Å². The maximum Gasteiger partial charge on any atom is 0.173 e. The van der Waals surface area contributed by atoms with Crippen molar-refractivity contribution in [1.29, 1.82) is 0 Å². The quantitative estimate of drug-likeness (QED) is 0.630. The predicted octanol–water partition coefficient (Wildman–Crippen LogP) is 1.87. The van der Waals surface area contributed by atoms with Crippen molar-refractivity contribution < 1.29 is 14.2 Å². The van der Waals surface area contributed by atoms with Gasteiger partial charge in [0.05, 0.1) is 0 Å². The van der Waals surface area contributed by atoms with E-state index in [1.807, 2.05) is 0 Å². The van der Waals surface area contributed by atoms with Crippen LogP contribution in [0.4, 0.5) is 0 Å². The van der Waals surface area contributed by atoms with Gasteiger partial charge in [0.15, 0.2) is 19.4 Å². The highest BCUT2D eigenvalue weighted by atomic mass is 16.9. The van der Waals surface area contributed by atoms with E-state index >= 15 is 0 Å². The number of rotatable bonds is 3. The zero-order valence-electron chi connectivity index (χ0n) is 7.26. The summed E-state index contributed by atoms with van der Waals surface area (Å²) in [5.41, 5.74) is 0. The Morgan fingerprint density at radius 2 is 1.82 bits per heavy atom. The minimum absolute atomic E-state index is 0.354. The van der Waals surface area contributed by atoms with Crippen LogP contribution < -0.4 is 0 Å². The molecule has 1 rings (SSSR count). The second kappa shape index (κ2) is 4.04. The van der Waals surface area contributed by atoms with E-state index in [1.165, 1.54) is 0 Å². The zero-order chi connectivity index (χ0) is 8.16. The van der Waals surface area contributed by atoms with Crippen molar-refractivity contribution in [2.75, 3.05) is 13.6 Å². The van der Waals surface area contributed by atoms with Crippen molar-refractivity contribution in [2.45, 2.75) is 38.9 Å². The molecule has 0 aromatic rings. The first kappa shape index (κ1) is 8.97. The van der Waals surface area contributed by atoms with E-state index in [0.29, 0.717) is 13.6 Å². The molecule has 0 radical (unpaired) electrons. The van der Waals surface area contributed by atoms with Crippen molar-refractivity contribution in [3.05, 3.63) is 0 Å². The fourth-order valence-corrected chi connectivity index (χ4v) is 1.28. The molecule has 0 spiro atoms. The van der Waals surface area contributed by atoms with E-state index in [1.54, 1.807) is 0 Å². The van der Waals surface area contributed by atoms with E-state index in [0.717, 1.165) is 19.3 Å². The van der Waals surface area contributed by atoms with Crippen molar-refractivity contribution >= 4 is 0 Å². The summed E-state index contributed by atoms with van der Waals surface area (Å²) in [6, 6.07) is 0. The second-order valence-corrected chi connectivity index (χ2v) is 2.74. The van der Waals surface area contributed by atoms with Crippen LogP contribution in [0.1, 0.15) is 33.1 Å². The third kappa shape index (κ3) is 2.15. The van der Waals surface area contributed by atoms with Gasteiger partial charge >= 0.3 is 0 Å². The Labute approximate surface area is 67.6 Å². The minimum Gasteiger partial charge on any atom is -0.329 e. The largest absolute Gasteiger partial charge is 0.329 e. The summed E-state index contributed by atoms with van der Waals surface area (Å²) in [4.78, 5) is 0. The lowest BCUT2D eigenvalue weighted by Crippen LogP contribution is -2.40. The zero-order valence-corrected chi connectivity index (χ0v) is 7.26. The average molecular weight is 160 g/mol. The summed E-state index contributed by atoms with van der Waals surface area (Å²) in [5.74, 6) is -0.354. The molecule has 0 N–H and O–H groups in total. The molecule has 0 atom stereocenters. The van der Waals surface area contributed by atoms with Crippen LogP contribution in [-0.2, 0) is 14.2 Å². The summed E-state index contributed by atoms with van der Waals surface area (Å²) in [6.45, 7) is 4.93. The molecule has 11 heavy (non-hydrogen) atoms. The molecule has 0 aromatic heterocycles. The first-order valence-electron chi connectivity index (χ1n) is 4.18. The molecular formula is C8H16O3. The average Bonchev–Trinajstić information content (AvgIpc) is 2.07. The van der Waals surface area contributed by atoms with E-state index in [4.69, 9.17) is 14.2 Å². The number of hydrogen-bond donors (Lipinski definition) is 0. The standard InChI is InChI=1S/C8H16O3/c1-3-5-8(4-2)10-6-9-7-11-8/h3-7H2,1-2H3. The van der Waals surface area contributed by atoms with Crippen LogP contribution in [0.3, 0.4) is 0 Å². The van der Waals surface area contributed by atoms with Crippen LogP contribution in [0.15, 0.2) is 0 Å². The van der Waals surface area contributed by atoms with Gasteiger partial charge in [0.25, 0.3) is 0 Å². The maximum absolute atomic E-state index is 5.41. The lowest BCUT2D eigenvalue weighted by molar-refractivity contribution is -0.362. The molecule has 0 bridgehead atoms. The van der Waals surface area contributed by atoms with Gasteiger partial charge in [-0.3, -0.25) is 0 Å². The summed E-state index contributed by atoms with van der Waals surface area (Å²) in [7, 11) is 0. The number of hydrogen-bond acceptors (Lipinski definition) is 3. The van der Waals surface area contributed by atoms with Crippen LogP contribution >= 0.6 is 0 Å². The highest BCUT2D eigenvalue weighted by Crippen LogP contribution is 2.26. The lowest BCUT2D eigenvalue weighted by Gasteiger charge is -2.35. The minimum atomic E-state index is -0.354. The lowest BCUT2D eigenvalue weighted by atomic mass is 10.1. The Bertz CT molecular complexity index is 102. The molecule has 3 heteroatoms. The van der Waals surface area contributed by atoms with E-state index < -0.39 is 0 Å². The van der Waals surface area contributed by atoms with E-state index in [-0.39, 0.29) is 5.79 Å². The Hall–Kier alpha value is -0.120. The van der Waals surface area contributed by atoms with E-state index in [2.05, 4.69) is 13.8 Å². The molecule has 0 unspecified atom stereocenters. The van der Waals surface area contributed by atoms with Gasteiger partial charge in [-0.1, -0.05) is 20.3 Å². The molecule has 1 heterocycles. The fraction of sp³-hybridized carbons (Fsp3) is 1.00. The molecule has 0 aliphatic carbocycles. The third-order valence-electron chi connectivity index (χ3n) is 1.98. The van der Waals surface area contributed by atoms with Crippen LogP contribution in [0, 0.1) is 0 Å². The summed E-state index contributed by atoms with van der Waals surface area (Å²) in [6.07, 6.45) is 2.92. The molecule has 1 saturated heterocycles. The van der Waals surface area contributed by atoms with Gasteiger partial charge in [-0.25, -0.2) is 0 Å². The highest BCUT2D eigenvalue weighted by Gasteiger charge is 2.31. The van der Waals surface area contributed by atoms with Crippen LogP contribution in [0.5, 0.6) is 0 Å². The molecule has 0 amide bonds. The van der Waals surface area contributed by atoms with Gasteiger partial charge in [0, 0.05) is 6.42 Å². The van der Waals surface area contributed by atoms with Gasteiger partial charge in [0.2, 0.25) is 0 Å². The predicted molar refractivity (Wildman–Crippen MR) is 40.9 cm³/mol. The van der Waals surface area contributed by atoms with Crippen LogP contribution in [0.2, 0.25) is 0 Å². The highest BCUT2D eigenvalue weighted by molar-refractivity contribution is 4.67. The Morgan fingerprint density at radius 3 is 2.27 bits per heavy atom. The Kier molecular flexibility index (Phi) is 3.30.